The van der Waals surface area contributed by atoms with Gasteiger partial charge in [-0.2, -0.15) is 0 Å². The summed E-state index contributed by atoms with van der Waals surface area (Å²) in [5.74, 6) is 1.01. The van der Waals surface area contributed by atoms with Crippen LogP contribution in [-0.4, -0.2) is 31.2 Å². The first-order chi connectivity index (χ1) is 8.33. The average molecular weight is 250 g/mol. The van der Waals surface area contributed by atoms with Gasteiger partial charge in [0.2, 0.25) is 0 Å². The lowest BCUT2D eigenvalue weighted by Crippen LogP contribution is -2.33. The fourth-order valence-corrected chi connectivity index (χ4v) is 2.21. The molecule has 0 atom stereocenters. The predicted molar refractivity (Wildman–Crippen MR) is 63.4 cm³/mol. The summed E-state index contributed by atoms with van der Waals surface area (Å²) >= 11 is 6.05. The van der Waals surface area contributed by atoms with Gasteiger partial charge in [0, 0.05) is 31.4 Å². The van der Waals surface area contributed by atoms with Crippen molar-refractivity contribution in [2.75, 3.05) is 6.54 Å². The first kappa shape index (κ1) is 10.7. The van der Waals surface area contributed by atoms with Gasteiger partial charge in [0.15, 0.2) is 0 Å². The summed E-state index contributed by atoms with van der Waals surface area (Å²) in [4.78, 5) is 6.38. The maximum absolute atomic E-state index is 6.05. The third-order valence-corrected chi connectivity index (χ3v) is 3.29. The van der Waals surface area contributed by atoms with Crippen LogP contribution in [0, 0.1) is 0 Å². The molecule has 1 aliphatic rings. The molecule has 88 valence electrons. The Bertz CT molecular complexity index is 524. The van der Waals surface area contributed by atoms with E-state index < -0.39 is 0 Å². The number of fused-ring (bicyclic) bond motifs is 1. The second-order valence-electron chi connectivity index (χ2n) is 4.10. The van der Waals surface area contributed by atoms with Crippen LogP contribution in [-0.2, 0) is 19.6 Å². The smallest absolute Gasteiger partial charge is 0.147 e. The van der Waals surface area contributed by atoms with Crippen molar-refractivity contribution >= 4 is 11.6 Å². The highest BCUT2D eigenvalue weighted by Gasteiger charge is 2.18. The maximum atomic E-state index is 6.05. The van der Waals surface area contributed by atoms with E-state index in [0.29, 0.717) is 5.15 Å². The quantitative estimate of drug-likeness (QED) is 0.754. The van der Waals surface area contributed by atoms with E-state index in [0.717, 1.165) is 37.6 Å². The van der Waals surface area contributed by atoms with Gasteiger partial charge in [0.1, 0.15) is 17.3 Å². The second-order valence-corrected chi connectivity index (χ2v) is 4.46. The molecule has 0 aliphatic carbocycles. The highest BCUT2D eigenvalue weighted by atomic mass is 35.5. The zero-order valence-corrected chi connectivity index (χ0v) is 10.0. The van der Waals surface area contributed by atoms with Crippen LogP contribution in [0.1, 0.15) is 11.4 Å². The van der Waals surface area contributed by atoms with E-state index in [1.165, 1.54) is 0 Å². The number of nitrogens with zero attached hydrogens (tertiary/aromatic N) is 5. The molecule has 3 rings (SSSR count). The van der Waals surface area contributed by atoms with Crippen LogP contribution in [0.25, 0.3) is 0 Å². The average Bonchev–Trinajstić information content (AvgIpc) is 2.79. The number of pyridine rings is 1. The van der Waals surface area contributed by atoms with E-state index in [1.807, 2.05) is 12.1 Å². The van der Waals surface area contributed by atoms with Gasteiger partial charge >= 0.3 is 0 Å². The third kappa shape index (κ3) is 2.16. The highest BCUT2D eigenvalue weighted by molar-refractivity contribution is 6.30. The monoisotopic (exact) mass is 249 g/mol. The van der Waals surface area contributed by atoms with Crippen molar-refractivity contribution in [3.8, 4) is 0 Å². The van der Waals surface area contributed by atoms with Crippen LogP contribution in [0.4, 0.5) is 0 Å². The van der Waals surface area contributed by atoms with Crippen LogP contribution in [0.2, 0.25) is 5.15 Å². The van der Waals surface area contributed by atoms with E-state index >= 15 is 0 Å². The highest BCUT2D eigenvalue weighted by Crippen LogP contribution is 2.17. The molecule has 0 spiro atoms. The molecule has 0 fully saturated rings. The number of hydrogen-bond acceptors (Lipinski definition) is 4. The lowest BCUT2D eigenvalue weighted by molar-refractivity contribution is 0.208. The standard InChI is InChI=1S/C11H12ClN5/c12-11-9(2-1-3-13-11)6-16-4-5-17-8-14-15-10(17)7-16/h1-3,8H,4-7H2. The number of halogens is 1. The number of rotatable bonds is 2. The minimum Gasteiger partial charge on any atom is -0.315 e. The third-order valence-electron chi connectivity index (χ3n) is 2.95. The minimum absolute atomic E-state index is 0.583. The first-order valence-corrected chi connectivity index (χ1v) is 5.89. The summed E-state index contributed by atoms with van der Waals surface area (Å²) < 4.78 is 2.08. The number of aromatic nitrogens is 4. The second kappa shape index (κ2) is 4.43. The Morgan fingerprint density at radius 2 is 2.29 bits per heavy atom. The molecular weight excluding hydrogens is 238 g/mol. The van der Waals surface area contributed by atoms with Gasteiger partial charge in [-0.3, -0.25) is 4.90 Å². The van der Waals surface area contributed by atoms with Gasteiger partial charge in [0.05, 0.1) is 6.54 Å². The molecule has 0 aromatic carbocycles. The van der Waals surface area contributed by atoms with Crippen molar-refractivity contribution in [2.45, 2.75) is 19.6 Å². The molecule has 0 radical (unpaired) electrons. The van der Waals surface area contributed by atoms with E-state index in [9.17, 15) is 0 Å². The molecule has 17 heavy (non-hydrogen) atoms. The van der Waals surface area contributed by atoms with E-state index in [-0.39, 0.29) is 0 Å². The van der Waals surface area contributed by atoms with Gasteiger partial charge in [0.25, 0.3) is 0 Å². The van der Waals surface area contributed by atoms with E-state index in [2.05, 4.69) is 24.6 Å². The van der Waals surface area contributed by atoms with Crippen LogP contribution in [0.15, 0.2) is 24.7 Å². The maximum Gasteiger partial charge on any atom is 0.147 e. The Kier molecular flexibility index (Phi) is 2.78. The lowest BCUT2D eigenvalue weighted by Gasteiger charge is -2.26. The zero-order chi connectivity index (χ0) is 11.7. The Morgan fingerprint density at radius 3 is 3.18 bits per heavy atom. The van der Waals surface area contributed by atoms with Gasteiger partial charge in [-0.1, -0.05) is 17.7 Å². The van der Waals surface area contributed by atoms with Crippen molar-refractivity contribution in [1.29, 1.82) is 0 Å². The van der Waals surface area contributed by atoms with Gasteiger partial charge < -0.3 is 4.57 Å². The topological polar surface area (TPSA) is 46.8 Å². The van der Waals surface area contributed by atoms with Crippen LogP contribution in [0.3, 0.4) is 0 Å². The van der Waals surface area contributed by atoms with E-state index in [4.69, 9.17) is 11.6 Å². The normalized spacial score (nSPS) is 15.8. The largest absolute Gasteiger partial charge is 0.315 e. The summed E-state index contributed by atoms with van der Waals surface area (Å²) in [6, 6.07) is 3.92. The van der Waals surface area contributed by atoms with Crippen molar-refractivity contribution in [3.05, 3.63) is 41.2 Å². The van der Waals surface area contributed by atoms with Crippen molar-refractivity contribution in [3.63, 3.8) is 0 Å². The van der Waals surface area contributed by atoms with Crippen LogP contribution in [0.5, 0.6) is 0 Å². The molecule has 5 nitrogen and oxygen atoms in total. The number of hydrogen-bond donors (Lipinski definition) is 0. The Hall–Kier alpha value is -1.46. The van der Waals surface area contributed by atoms with Crippen molar-refractivity contribution in [1.82, 2.24) is 24.6 Å². The predicted octanol–water partition coefficient (Wildman–Crippen LogP) is 1.34. The molecule has 3 heterocycles. The Morgan fingerprint density at radius 1 is 1.35 bits per heavy atom. The molecule has 0 saturated carbocycles. The van der Waals surface area contributed by atoms with E-state index in [1.54, 1.807) is 12.5 Å². The molecule has 0 N–H and O–H groups in total. The fourth-order valence-electron chi connectivity index (χ4n) is 2.03. The summed E-state index contributed by atoms with van der Waals surface area (Å²) in [6.45, 7) is 3.53. The molecule has 2 aromatic rings. The molecule has 0 saturated heterocycles. The van der Waals surface area contributed by atoms with Crippen LogP contribution < -0.4 is 0 Å². The summed E-state index contributed by atoms with van der Waals surface area (Å²) in [5, 5.41) is 8.59. The summed E-state index contributed by atoms with van der Waals surface area (Å²) in [7, 11) is 0. The van der Waals surface area contributed by atoms with Crippen LogP contribution >= 0.6 is 11.6 Å². The molecule has 2 aromatic heterocycles. The molecular formula is C11H12ClN5. The zero-order valence-electron chi connectivity index (χ0n) is 9.25. The molecule has 0 bridgehead atoms. The Labute approximate surface area is 104 Å². The molecule has 0 unspecified atom stereocenters. The van der Waals surface area contributed by atoms with Crippen molar-refractivity contribution < 1.29 is 0 Å². The van der Waals surface area contributed by atoms with Gasteiger partial charge in [-0.25, -0.2) is 4.98 Å². The lowest BCUT2D eigenvalue weighted by atomic mass is 10.2. The molecule has 6 heteroatoms. The van der Waals surface area contributed by atoms with Gasteiger partial charge in [-0.15, -0.1) is 10.2 Å². The Balaban J connectivity index is 1.74. The van der Waals surface area contributed by atoms with Crippen molar-refractivity contribution in [2.24, 2.45) is 0 Å². The fraction of sp³-hybridized carbons (Fsp3) is 0.364. The SMILES string of the molecule is Clc1ncccc1CN1CCn2cnnc2C1. The summed E-state index contributed by atoms with van der Waals surface area (Å²) in [5.41, 5.74) is 1.06. The first-order valence-electron chi connectivity index (χ1n) is 5.51. The summed E-state index contributed by atoms with van der Waals surface area (Å²) in [6.07, 6.45) is 3.49. The molecule has 0 amide bonds. The molecule has 1 aliphatic heterocycles. The van der Waals surface area contributed by atoms with Gasteiger partial charge in [-0.05, 0) is 6.07 Å². The minimum atomic E-state index is 0.583.